The zero-order valence-electron chi connectivity index (χ0n) is 10.2. The lowest BCUT2D eigenvalue weighted by atomic mass is 10.0. The van der Waals surface area contributed by atoms with Gasteiger partial charge in [0.1, 0.15) is 0 Å². The van der Waals surface area contributed by atoms with Crippen molar-refractivity contribution in [2.45, 2.75) is 39.8 Å². The molecule has 3 heteroatoms. The summed E-state index contributed by atoms with van der Waals surface area (Å²) in [7, 11) is 0. The lowest BCUT2D eigenvalue weighted by molar-refractivity contribution is 0.183. The van der Waals surface area contributed by atoms with Gasteiger partial charge in [0, 0.05) is 11.6 Å². The number of hydrogen-bond acceptors (Lipinski definition) is 2. The van der Waals surface area contributed by atoms with Crippen LogP contribution in [0.1, 0.15) is 30.0 Å². The van der Waals surface area contributed by atoms with E-state index in [1.54, 1.807) is 6.92 Å². The molecular formula is C13H20ClNO. The lowest BCUT2D eigenvalue weighted by Gasteiger charge is -2.12. The van der Waals surface area contributed by atoms with Gasteiger partial charge in [-0.05, 0) is 62.6 Å². The molecule has 90 valence electrons. The van der Waals surface area contributed by atoms with E-state index in [9.17, 15) is 0 Å². The molecule has 0 saturated heterocycles. The molecule has 16 heavy (non-hydrogen) atoms. The van der Waals surface area contributed by atoms with E-state index in [0.29, 0.717) is 0 Å². The molecule has 2 nitrogen and oxygen atoms in total. The monoisotopic (exact) mass is 241 g/mol. The third kappa shape index (κ3) is 4.12. The number of aliphatic hydroxyl groups is 1. The Hall–Kier alpha value is -0.570. The van der Waals surface area contributed by atoms with Gasteiger partial charge in [0.25, 0.3) is 0 Å². The summed E-state index contributed by atoms with van der Waals surface area (Å²) in [6, 6.07) is 3.97. The van der Waals surface area contributed by atoms with Crippen LogP contribution in [0, 0.1) is 13.8 Å². The van der Waals surface area contributed by atoms with Crippen LogP contribution in [-0.4, -0.2) is 17.8 Å². The normalized spacial score (nSPS) is 12.8. The highest BCUT2D eigenvalue weighted by molar-refractivity contribution is 6.30. The number of benzene rings is 1. The zero-order chi connectivity index (χ0) is 12.1. The van der Waals surface area contributed by atoms with Crippen LogP contribution in [0.25, 0.3) is 0 Å². The van der Waals surface area contributed by atoms with Gasteiger partial charge < -0.3 is 10.4 Å². The van der Waals surface area contributed by atoms with Crippen LogP contribution in [-0.2, 0) is 6.54 Å². The summed E-state index contributed by atoms with van der Waals surface area (Å²) in [6.45, 7) is 7.62. The quantitative estimate of drug-likeness (QED) is 0.777. The minimum absolute atomic E-state index is 0.236. The fourth-order valence-electron chi connectivity index (χ4n) is 1.74. The molecular weight excluding hydrogens is 222 g/mol. The van der Waals surface area contributed by atoms with Gasteiger partial charge in [0.05, 0.1) is 6.10 Å². The summed E-state index contributed by atoms with van der Waals surface area (Å²) in [6.07, 6.45) is 0.547. The highest BCUT2D eigenvalue weighted by Crippen LogP contribution is 2.19. The number of rotatable bonds is 5. The Labute approximate surface area is 103 Å². The molecule has 1 aromatic carbocycles. The van der Waals surface area contributed by atoms with Crippen molar-refractivity contribution in [3.8, 4) is 0 Å². The molecule has 0 aliphatic rings. The first-order valence-electron chi connectivity index (χ1n) is 5.65. The average molecular weight is 242 g/mol. The molecule has 2 N–H and O–H groups in total. The van der Waals surface area contributed by atoms with Gasteiger partial charge in [-0.15, -0.1) is 0 Å². The molecule has 1 unspecified atom stereocenters. The first-order chi connectivity index (χ1) is 7.50. The summed E-state index contributed by atoms with van der Waals surface area (Å²) < 4.78 is 0. The predicted molar refractivity (Wildman–Crippen MR) is 68.9 cm³/mol. The minimum Gasteiger partial charge on any atom is -0.393 e. The fourth-order valence-corrected chi connectivity index (χ4v) is 2.07. The molecule has 0 fully saturated rings. The van der Waals surface area contributed by atoms with Crippen LogP contribution in [0.2, 0.25) is 5.02 Å². The number of hydrogen-bond donors (Lipinski definition) is 2. The second kappa shape index (κ2) is 6.24. The molecule has 0 aromatic heterocycles. The summed E-state index contributed by atoms with van der Waals surface area (Å²) in [5.41, 5.74) is 3.74. The van der Waals surface area contributed by atoms with Crippen molar-refractivity contribution < 1.29 is 5.11 Å². The number of halogens is 1. The molecule has 0 aliphatic carbocycles. The largest absolute Gasteiger partial charge is 0.393 e. The lowest BCUT2D eigenvalue weighted by Crippen LogP contribution is -2.19. The van der Waals surface area contributed by atoms with E-state index in [2.05, 4.69) is 19.2 Å². The van der Waals surface area contributed by atoms with Gasteiger partial charge in [0.2, 0.25) is 0 Å². The van der Waals surface area contributed by atoms with Gasteiger partial charge in [-0.25, -0.2) is 0 Å². The van der Waals surface area contributed by atoms with Crippen LogP contribution in [0.15, 0.2) is 12.1 Å². The molecule has 1 aromatic rings. The van der Waals surface area contributed by atoms with E-state index in [1.165, 1.54) is 16.7 Å². The fraction of sp³-hybridized carbons (Fsp3) is 0.538. The summed E-state index contributed by atoms with van der Waals surface area (Å²) in [4.78, 5) is 0. The van der Waals surface area contributed by atoms with E-state index in [4.69, 9.17) is 16.7 Å². The van der Waals surface area contributed by atoms with Crippen LogP contribution in [0.4, 0.5) is 0 Å². The van der Waals surface area contributed by atoms with E-state index in [0.717, 1.165) is 24.5 Å². The second-order valence-electron chi connectivity index (χ2n) is 4.33. The molecule has 1 atom stereocenters. The Balaban J connectivity index is 2.54. The van der Waals surface area contributed by atoms with E-state index < -0.39 is 0 Å². The van der Waals surface area contributed by atoms with Crippen LogP contribution in [0.5, 0.6) is 0 Å². The van der Waals surface area contributed by atoms with Crippen molar-refractivity contribution in [1.29, 1.82) is 0 Å². The maximum Gasteiger partial charge on any atom is 0.0524 e. The maximum atomic E-state index is 9.14. The van der Waals surface area contributed by atoms with Crippen molar-refractivity contribution >= 4 is 11.6 Å². The van der Waals surface area contributed by atoms with Gasteiger partial charge in [-0.1, -0.05) is 11.6 Å². The Kier molecular flexibility index (Phi) is 5.26. The number of aryl methyl sites for hydroxylation is 2. The number of nitrogens with one attached hydrogen (secondary N) is 1. The van der Waals surface area contributed by atoms with Gasteiger partial charge in [-0.3, -0.25) is 0 Å². The smallest absolute Gasteiger partial charge is 0.0524 e. The molecule has 1 rings (SSSR count). The van der Waals surface area contributed by atoms with E-state index >= 15 is 0 Å². The summed E-state index contributed by atoms with van der Waals surface area (Å²) in [5, 5.41) is 13.3. The highest BCUT2D eigenvalue weighted by atomic mass is 35.5. The van der Waals surface area contributed by atoms with E-state index in [1.807, 2.05) is 12.1 Å². The SMILES string of the molecule is Cc1cc(Cl)cc(C)c1CNCCC(C)O. The topological polar surface area (TPSA) is 32.3 Å². The van der Waals surface area contributed by atoms with Crippen LogP contribution in [0.3, 0.4) is 0 Å². The Morgan fingerprint density at radius 1 is 1.31 bits per heavy atom. The maximum absolute atomic E-state index is 9.14. The zero-order valence-corrected chi connectivity index (χ0v) is 10.9. The van der Waals surface area contributed by atoms with Gasteiger partial charge in [-0.2, -0.15) is 0 Å². The van der Waals surface area contributed by atoms with Crippen molar-refractivity contribution in [3.63, 3.8) is 0 Å². The Bertz CT molecular complexity index is 327. The predicted octanol–water partition coefficient (Wildman–Crippen LogP) is 2.82. The first-order valence-corrected chi connectivity index (χ1v) is 6.03. The van der Waals surface area contributed by atoms with E-state index in [-0.39, 0.29) is 6.10 Å². The molecule has 0 spiro atoms. The molecule has 0 heterocycles. The average Bonchev–Trinajstić information content (AvgIpc) is 2.14. The highest BCUT2D eigenvalue weighted by Gasteiger charge is 2.04. The van der Waals surface area contributed by atoms with Gasteiger partial charge >= 0.3 is 0 Å². The molecule has 0 amide bonds. The van der Waals surface area contributed by atoms with Crippen LogP contribution >= 0.6 is 11.6 Å². The minimum atomic E-state index is -0.236. The third-order valence-corrected chi connectivity index (χ3v) is 2.92. The van der Waals surface area contributed by atoms with Crippen molar-refractivity contribution in [2.75, 3.05) is 6.54 Å². The van der Waals surface area contributed by atoms with Crippen molar-refractivity contribution in [3.05, 3.63) is 33.8 Å². The van der Waals surface area contributed by atoms with Crippen LogP contribution < -0.4 is 5.32 Å². The molecule has 0 saturated carbocycles. The first kappa shape index (κ1) is 13.5. The van der Waals surface area contributed by atoms with Gasteiger partial charge in [0.15, 0.2) is 0 Å². The number of aliphatic hydroxyl groups excluding tert-OH is 1. The summed E-state index contributed by atoms with van der Waals surface area (Å²) >= 11 is 5.97. The molecule has 0 radical (unpaired) electrons. The van der Waals surface area contributed by atoms with Crippen molar-refractivity contribution in [2.24, 2.45) is 0 Å². The third-order valence-electron chi connectivity index (χ3n) is 2.70. The Morgan fingerprint density at radius 2 is 1.88 bits per heavy atom. The summed E-state index contributed by atoms with van der Waals surface area (Å²) in [5.74, 6) is 0. The standard InChI is InChI=1S/C13H20ClNO/c1-9-6-12(14)7-10(2)13(9)8-15-5-4-11(3)16/h6-7,11,15-16H,4-5,8H2,1-3H3. The second-order valence-corrected chi connectivity index (χ2v) is 4.77. The molecule has 0 aliphatic heterocycles. The molecule has 0 bridgehead atoms. The van der Waals surface area contributed by atoms with Crippen molar-refractivity contribution in [1.82, 2.24) is 5.32 Å². The Morgan fingerprint density at radius 3 is 2.38 bits per heavy atom.